The number of aliphatic hydroxyl groups is 2. The summed E-state index contributed by atoms with van der Waals surface area (Å²) in [6, 6.07) is -0.625. The van der Waals surface area contributed by atoms with E-state index in [1.54, 1.807) is 6.08 Å². The Morgan fingerprint density at radius 1 is 0.318 bits per heavy atom. The first-order valence-corrected chi connectivity index (χ1v) is 39.1. The van der Waals surface area contributed by atoms with Crippen LogP contribution in [0.2, 0.25) is 0 Å². The van der Waals surface area contributed by atoms with E-state index in [0.29, 0.717) is 19.4 Å². The van der Waals surface area contributed by atoms with Crippen LogP contribution in [0.4, 0.5) is 0 Å². The number of allylic oxidation sites excluding steroid dienone is 3. The van der Waals surface area contributed by atoms with Gasteiger partial charge >= 0.3 is 5.97 Å². The summed E-state index contributed by atoms with van der Waals surface area (Å²) in [5, 5.41) is 23.3. The van der Waals surface area contributed by atoms with Crippen molar-refractivity contribution in [1.29, 1.82) is 0 Å². The second-order valence-electron chi connectivity index (χ2n) is 27.0. The second-order valence-corrected chi connectivity index (χ2v) is 27.0. The SMILES string of the molecule is CCCCCCCC/C=C\CCCCCCCCCC(=O)OCCCCCCCCCCCCCCCCCCCCCCCCCCCCCCCCCCC(=O)NC(CO)C(O)/C=C/CCCCCCCCCCCCCCCCCCC. The number of aliphatic hydroxyl groups excluding tert-OH is 2. The van der Waals surface area contributed by atoms with Crippen LogP contribution in [0, 0.1) is 0 Å². The molecule has 3 N–H and O–H groups in total. The maximum atomic E-state index is 12.5. The van der Waals surface area contributed by atoms with Crippen LogP contribution in [0.25, 0.3) is 0 Å². The van der Waals surface area contributed by atoms with E-state index < -0.39 is 12.1 Å². The molecule has 0 aromatic rings. The van der Waals surface area contributed by atoms with Crippen LogP contribution >= 0.6 is 0 Å². The van der Waals surface area contributed by atoms with Gasteiger partial charge in [0.15, 0.2) is 0 Å². The highest BCUT2D eigenvalue weighted by Crippen LogP contribution is 2.20. The Morgan fingerprint density at radius 3 is 0.835 bits per heavy atom. The Kier molecular flexibility index (Phi) is 73.3. The van der Waals surface area contributed by atoms with Crippen molar-refractivity contribution in [3.63, 3.8) is 0 Å². The molecule has 0 aromatic carbocycles. The fourth-order valence-corrected chi connectivity index (χ4v) is 12.5. The fraction of sp³-hybridized carbons (Fsp3) is 0.924. The van der Waals surface area contributed by atoms with Gasteiger partial charge in [0.05, 0.1) is 25.4 Å². The maximum absolute atomic E-state index is 12.5. The number of unbranched alkanes of at least 4 members (excludes halogenated alkanes) is 61. The van der Waals surface area contributed by atoms with Gasteiger partial charge in [-0.05, 0) is 57.8 Å². The number of hydrogen-bond acceptors (Lipinski definition) is 5. The van der Waals surface area contributed by atoms with Crippen molar-refractivity contribution in [3.05, 3.63) is 24.3 Å². The second kappa shape index (κ2) is 74.8. The fourth-order valence-electron chi connectivity index (χ4n) is 12.5. The van der Waals surface area contributed by atoms with Crippen LogP contribution in [-0.4, -0.2) is 47.4 Å². The third kappa shape index (κ3) is 71.3. The van der Waals surface area contributed by atoms with E-state index in [4.69, 9.17) is 4.74 Å². The number of hydrogen-bond donors (Lipinski definition) is 3. The van der Waals surface area contributed by atoms with E-state index >= 15 is 0 Å². The molecule has 0 saturated carbocycles. The van der Waals surface area contributed by atoms with Gasteiger partial charge in [-0.25, -0.2) is 0 Å². The molecule has 0 aromatic heterocycles. The monoisotopic (exact) mass is 1200 g/mol. The molecule has 1 amide bonds. The molecule has 0 aliphatic carbocycles. The molecule has 0 rings (SSSR count). The zero-order chi connectivity index (χ0) is 61.3. The molecular formula is C79H153NO5. The summed E-state index contributed by atoms with van der Waals surface area (Å²) in [6.45, 7) is 4.95. The summed E-state index contributed by atoms with van der Waals surface area (Å²) in [6.07, 6.45) is 95.8. The average Bonchev–Trinajstić information content (AvgIpc) is 3.51. The minimum absolute atomic E-state index is 0.0186. The molecule has 0 radical (unpaired) electrons. The van der Waals surface area contributed by atoms with Crippen molar-refractivity contribution >= 4 is 11.9 Å². The van der Waals surface area contributed by atoms with Crippen LogP contribution in [-0.2, 0) is 14.3 Å². The first-order chi connectivity index (χ1) is 42.0. The van der Waals surface area contributed by atoms with E-state index in [1.807, 2.05) is 6.08 Å². The zero-order valence-corrected chi connectivity index (χ0v) is 57.9. The van der Waals surface area contributed by atoms with Gasteiger partial charge < -0.3 is 20.3 Å². The van der Waals surface area contributed by atoms with Crippen LogP contribution in [0.1, 0.15) is 444 Å². The van der Waals surface area contributed by atoms with Crippen molar-refractivity contribution in [2.45, 2.75) is 456 Å². The van der Waals surface area contributed by atoms with Crippen molar-refractivity contribution in [2.24, 2.45) is 0 Å². The summed E-state index contributed by atoms with van der Waals surface area (Å²) in [5.41, 5.74) is 0. The van der Waals surface area contributed by atoms with E-state index in [0.717, 1.165) is 44.9 Å². The number of esters is 1. The predicted molar refractivity (Wildman–Crippen MR) is 375 cm³/mol. The molecule has 2 unspecified atom stereocenters. The van der Waals surface area contributed by atoms with Gasteiger partial charge in [-0.15, -0.1) is 0 Å². The Balaban J connectivity index is 3.33. The standard InChI is InChI=1S/C79H153NO5/c1-3-5-7-9-11-13-15-17-19-21-36-40-43-47-51-55-59-63-67-71-77(82)76(75-81)80-78(83)72-68-64-60-56-52-48-44-41-37-34-32-30-28-26-24-22-23-25-27-29-31-33-35-38-42-46-50-54-58-62-66-70-74-85-79(84)73-69-65-61-57-53-49-45-39-20-18-16-14-12-10-8-6-4-2/h18,20,67,71,76-77,81-82H,3-17,19,21-66,68-70,72-75H2,1-2H3,(H,80,83)/b20-18-,71-67+. The highest BCUT2D eigenvalue weighted by molar-refractivity contribution is 5.76. The Morgan fingerprint density at radius 2 is 0.553 bits per heavy atom. The predicted octanol–water partition coefficient (Wildman–Crippen LogP) is 25.7. The molecule has 0 heterocycles. The molecule has 0 aliphatic heterocycles. The van der Waals surface area contributed by atoms with E-state index in [1.165, 1.54) is 372 Å². The first-order valence-electron chi connectivity index (χ1n) is 39.1. The van der Waals surface area contributed by atoms with E-state index in [9.17, 15) is 19.8 Å². The molecule has 6 nitrogen and oxygen atoms in total. The van der Waals surface area contributed by atoms with Gasteiger partial charge in [0.1, 0.15) is 0 Å². The van der Waals surface area contributed by atoms with Crippen LogP contribution < -0.4 is 5.32 Å². The van der Waals surface area contributed by atoms with Gasteiger partial charge in [0.2, 0.25) is 5.91 Å². The van der Waals surface area contributed by atoms with Gasteiger partial charge in [0, 0.05) is 12.8 Å². The molecule has 2 atom stereocenters. The summed E-state index contributed by atoms with van der Waals surface area (Å²) in [7, 11) is 0. The summed E-state index contributed by atoms with van der Waals surface area (Å²) in [5.74, 6) is -0.0406. The van der Waals surface area contributed by atoms with Gasteiger partial charge in [0.25, 0.3) is 0 Å². The molecule has 0 fully saturated rings. The van der Waals surface area contributed by atoms with Crippen LogP contribution in [0.15, 0.2) is 24.3 Å². The highest BCUT2D eigenvalue weighted by Gasteiger charge is 2.18. The number of nitrogens with one attached hydrogen (secondary N) is 1. The van der Waals surface area contributed by atoms with Gasteiger partial charge in [-0.2, -0.15) is 0 Å². The third-order valence-corrected chi connectivity index (χ3v) is 18.5. The van der Waals surface area contributed by atoms with Crippen molar-refractivity contribution in [1.82, 2.24) is 5.32 Å². The molecule has 504 valence electrons. The number of carbonyl (C=O) groups excluding carboxylic acids is 2. The minimum atomic E-state index is -0.842. The lowest BCUT2D eigenvalue weighted by Gasteiger charge is -2.20. The lowest BCUT2D eigenvalue weighted by molar-refractivity contribution is -0.143. The maximum Gasteiger partial charge on any atom is 0.305 e. The minimum Gasteiger partial charge on any atom is -0.466 e. The molecular weight excluding hydrogens is 1040 g/mol. The number of ether oxygens (including phenoxy) is 1. The smallest absolute Gasteiger partial charge is 0.305 e. The average molecular weight is 1200 g/mol. The van der Waals surface area contributed by atoms with E-state index in [2.05, 4.69) is 31.3 Å². The van der Waals surface area contributed by atoms with Crippen molar-refractivity contribution in [2.75, 3.05) is 13.2 Å². The number of carbonyl (C=O) groups is 2. The van der Waals surface area contributed by atoms with E-state index in [-0.39, 0.29) is 18.5 Å². The summed E-state index contributed by atoms with van der Waals surface area (Å²) < 4.78 is 5.51. The third-order valence-electron chi connectivity index (χ3n) is 18.5. The molecule has 6 heteroatoms. The normalized spacial score (nSPS) is 12.6. The molecule has 0 saturated heterocycles. The van der Waals surface area contributed by atoms with Crippen molar-refractivity contribution in [3.8, 4) is 0 Å². The summed E-state index contributed by atoms with van der Waals surface area (Å²) in [4.78, 5) is 24.6. The molecule has 0 bridgehead atoms. The Bertz CT molecular complexity index is 1330. The molecule has 0 aliphatic rings. The largest absolute Gasteiger partial charge is 0.466 e. The lowest BCUT2D eigenvalue weighted by Crippen LogP contribution is -2.45. The van der Waals surface area contributed by atoms with Crippen LogP contribution in [0.5, 0.6) is 0 Å². The number of amides is 1. The van der Waals surface area contributed by atoms with Gasteiger partial charge in [-0.1, -0.05) is 398 Å². The molecule has 0 spiro atoms. The Labute approximate surface area is 532 Å². The zero-order valence-electron chi connectivity index (χ0n) is 57.9. The summed E-state index contributed by atoms with van der Waals surface area (Å²) >= 11 is 0. The van der Waals surface area contributed by atoms with Crippen LogP contribution in [0.3, 0.4) is 0 Å². The van der Waals surface area contributed by atoms with Gasteiger partial charge in [-0.3, -0.25) is 9.59 Å². The topological polar surface area (TPSA) is 95.9 Å². The first kappa shape index (κ1) is 83.3. The quantitative estimate of drug-likeness (QED) is 0.0320. The number of rotatable bonds is 74. The Hall–Kier alpha value is -1.66. The highest BCUT2D eigenvalue weighted by atomic mass is 16.5. The van der Waals surface area contributed by atoms with Crippen molar-refractivity contribution < 1.29 is 24.5 Å². The lowest BCUT2D eigenvalue weighted by atomic mass is 10.0. The molecule has 85 heavy (non-hydrogen) atoms.